The van der Waals surface area contributed by atoms with Gasteiger partial charge in [0, 0.05) is 32.3 Å². The van der Waals surface area contributed by atoms with E-state index >= 15 is 4.39 Å². The van der Waals surface area contributed by atoms with Crippen LogP contribution in [0.15, 0.2) is 35.3 Å². The van der Waals surface area contributed by atoms with Crippen LogP contribution in [0.1, 0.15) is 49.5 Å². The highest BCUT2D eigenvalue weighted by atomic mass is 19.1. The fraction of sp³-hybridized carbons (Fsp3) is 0.438. The number of nitrogens with zero attached hydrogens (tertiary/aromatic N) is 3. The van der Waals surface area contributed by atoms with Gasteiger partial charge in [0.05, 0.1) is 42.3 Å². The first-order chi connectivity index (χ1) is 22.0. The lowest BCUT2D eigenvalue weighted by Crippen LogP contribution is -2.36. The molecule has 2 saturated heterocycles. The minimum Gasteiger partial charge on any atom is -0.491 e. The Morgan fingerprint density at radius 1 is 1.13 bits per heavy atom. The summed E-state index contributed by atoms with van der Waals surface area (Å²) in [6, 6.07) is 5.12. The van der Waals surface area contributed by atoms with Gasteiger partial charge in [-0.2, -0.15) is 0 Å². The summed E-state index contributed by atoms with van der Waals surface area (Å²) in [6.07, 6.45) is 2.24. The van der Waals surface area contributed by atoms with Crippen LogP contribution in [-0.4, -0.2) is 73.1 Å². The maximum atomic E-state index is 15.6. The van der Waals surface area contributed by atoms with E-state index in [9.17, 15) is 28.7 Å². The van der Waals surface area contributed by atoms with Crippen molar-refractivity contribution in [2.45, 2.75) is 45.3 Å². The van der Waals surface area contributed by atoms with Crippen molar-refractivity contribution in [3.63, 3.8) is 0 Å². The third-order valence-electron chi connectivity index (χ3n) is 8.77. The topological polar surface area (TPSA) is 140 Å². The van der Waals surface area contributed by atoms with Crippen LogP contribution in [0, 0.1) is 17.6 Å². The summed E-state index contributed by atoms with van der Waals surface area (Å²) in [5.41, 5.74) is -0.192. The van der Waals surface area contributed by atoms with Gasteiger partial charge in [-0.1, -0.05) is 0 Å². The molecule has 3 aromatic rings. The SMILES string of the molecule is CC(=O)NC[C@H]1CN(c2ccc(OCCC3CCN(c4c(F)cc5c(=O)c(C(=O)O)cn6c5c4OCC6C)CC3)c(F)c2)C(=O)O1. The van der Waals surface area contributed by atoms with E-state index in [0.29, 0.717) is 30.7 Å². The molecule has 3 aliphatic heterocycles. The third-order valence-corrected chi connectivity index (χ3v) is 8.77. The van der Waals surface area contributed by atoms with Gasteiger partial charge in [-0.25, -0.2) is 18.4 Å². The molecular weight excluding hydrogens is 606 g/mol. The lowest BCUT2D eigenvalue weighted by Gasteiger charge is -2.36. The van der Waals surface area contributed by atoms with Crippen LogP contribution < -0.4 is 30.0 Å². The second-order valence-electron chi connectivity index (χ2n) is 11.9. The quantitative estimate of drug-likeness (QED) is 0.354. The Labute approximate surface area is 262 Å². The molecule has 4 heterocycles. The predicted octanol–water partition coefficient (Wildman–Crippen LogP) is 4.08. The zero-order valence-electron chi connectivity index (χ0n) is 25.4. The molecule has 0 saturated carbocycles. The van der Waals surface area contributed by atoms with Crippen LogP contribution in [0.4, 0.5) is 25.0 Å². The molecule has 2 N–H and O–H groups in total. The van der Waals surface area contributed by atoms with E-state index in [1.165, 1.54) is 30.2 Å². The fourth-order valence-electron chi connectivity index (χ4n) is 6.31. The van der Waals surface area contributed by atoms with E-state index in [1.54, 1.807) is 10.6 Å². The minimum absolute atomic E-state index is 0.0264. The molecule has 1 aromatic heterocycles. The number of benzene rings is 2. The van der Waals surface area contributed by atoms with E-state index in [-0.39, 0.29) is 66.7 Å². The Bertz CT molecular complexity index is 1770. The average molecular weight is 641 g/mol. The van der Waals surface area contributed by atoms with Gasteiger partial charge in [0.2, 0.25) is 11.3 Å². The molecule has 0 bridgehead atoms. The zero-order chi connectivity index (χ0) is 32.7. The van der Waals surface area contributed by atoms with Crippen molar-refractivity contribution in [3.8, 4) is 11.5 Å². The maximum absolute atomic E-state index is 15.6. The summed E-state index contributed by atoms with van der Waals surface area (Å²) < 4.78 is 49.1. The van der Waals surface area contributed by atoms with E-state index in [0.717, 1.165) is 18.9 Å². The molecule has 2 fully saturated rings. The summed E-state index contributed by atoms with van der Waals surface area (Å²) in [7, 11) is 0. The van der Waals surface area contributed by atoms with Gasteiger partial charge in [-0.05, 0) is 50.3 Å². The van der Waals surface area contributed by atoms with Gasteiger partial charge in [0.15, 0.2) is 23.1 Å². The van der Waals surface area contributed by atoms with E-state index < -0.39 is 40.8 Å². The number of piperidine rings is 1. The molecular formula is C32H34F2N4O8. The smallest absolute Gasteiger partial charge is 0.414 e. The largest absolute Gasteiger partial charge is 0.491 e. The first-order valence-electron chi connectivity index (χ1n) is 15.2. The molecule has 2 atom stereocenters. The number of halogens is 2. The molecule has 0 aliphatic carbocycles. The van der Waals surface area contributed by atoms with Gasteiger partial charge < -0.3 is 34.1 Å². The molecule has 3 aliphatic rings. The van der Waals surface area contributed by atoms with Crippen LogP contribution in [0.3, 0.4) is 0 Å². The third kappa shape index (κ3) is 5.90. The number of hydrogen-bond acceptors (Lipinski definition) is 8. The first kappa shape index (κ1) is 31.1. The van der Waals surface area contributed by atoms with Crippen molar-refractivity contribution in [3.05, 3.63) is 57.9 Å². The molecule has 0 spiro atoms. The fourth-order valence-corrected chi connectivity index (χ4v) is 6.31. The Morgan fingerprint density at radius 2 is 1.89 bits per heavy atom. The highest BCUT2D eigenvalue weighted by Crippen LogP contribution is 2.43. The number of hydrogen-bond donors (Lipinski definition) is 2. The number of amides is 2. The zero-order valence-corrected chi connectivity index (χ0v) is 25.4. The molecule has 6 rings (SSSR count). The number of aromatic nitrogens is 1. The van der Waals surface area contributed by atoms with Crippen molar-refractivity contribution < 1.29 is 42.5 Å². The van der Waals surface area contributed by atoms with Gasteiger partial charge in [-0.15, -0.1) is 0 Å². The summed E-state index contributed by atoms with van der Waals surface area (Å²) in [4.78, 5) is 51.1. The molecule has 1 unspecified atom stereocenters. The average Bonchev–Trinajstić information content (AvgIpc) is 3.40. The lowest BCUT2D eigenvalue weighted by atomic mass is 9.93. The lowest BCUT2D eigenvalue weighted by molar-refractivity contribution is -0.119. The first-order valence-corrected chi connectivity index (χ1v) is 15.2. The maximum Gasteiger partial charge on any atom is 0.414 e. The van der Waals surface area contributed by atoms with Crippen molar-refractivity contribution in [1.82, 2.24) is 9.88 Å². The number of ether oxygens (including phenoxy) is 3. The second kappa shape index (κ2) is 12.5. The van der Waals surface area contributed by atoms with Crippen LogP contribution >= 0.6 is 0 Å². The highest BCUT2D eigenvalue weighted by Gasteiger charge is 2.34. The Kier molecular flexibility index (Phi) is 8.45. The van der Waals surface area contributed by atoms with Gasteiger partial charge in [0.25, 0.3) is 0 Å². The van der Waals surface area contributed by atoms with Gasteiger partial charge >= 0.3 is 12.1 Å². The molecule has 46 heavy (non-hydrogen) atoms. The standard InChI is InChI=1S/C32H34F2N4O8/c1-17-16-45-30-27-22(29(40)23(31(41)42)15-37(17)27)12-25(34)28(30)36-8-5-19(6-9-36)7-10-44-26-4-3-20(11-24(26)33)38-14-21(46-32(38)43)13-35-18(2)39/h3-4,11-12,15,17,19,21H,5-10,13-14,16H2,1-2H3,(H,35,39)(H,41,42)/t17?,21-/m0/s1. The number of anilines is 2. The summed E-state index contributed by atoms with van der Waals surface area (Å²) in [5.74, 6) is -2.32. The number of carbonyl (C=O) groups is 3. The van der Waals surface area contributed by atoms with E-state index in [2.05, 4.69) is 5.32 Å². The molecule has 0 radical (unpaired) electrons. The predicted molar refractivity (Wildman–Crippen MR) is 163 cm³/mol. The van der Waals surface area contributed by atoms with Crippen molar-refractivity contribution >= 4 is 40.2 Å². The molecule has 244 valence electrons. The number of pyridine rings is 1. The Balaban J connectivity index is 1.07. The van der Waals surface area contributed by atoms with Crippen LogP contribution in [0.25, 0.3) is 10.9 Å². The van der Waals surface area contributed by atoms with Gasteiger partial charge in [-0.3, -0.25) is 14.5 Å². The minimum atomic E-state index is -1.37. The second-order valence-corrected chi connectivity index (χ2v) is 11.9. The normalized spacial score (nSPS) is 19.6. The summed E-state index contributed by atoms with van der Waals surface area (Å²) in [5, 5.41) is 12.1. The number of carboxylic acid groups (broad SMARTS) is 1. The van der Waals surface area contributed by atoms with Crippen molar-refractivity contribution in [2.24, 2.45) is 5.92 Å². The van der Waals surface area contributed by atoms with Crippen LogP contribution in [-0.2, 0) is 9.53 Å². The number of cyclic esters (lactones) is 1. The van der Waals surface area contributed by atoms with Gasteiger partial charge in [0.1, 0.15) is 24.0 Å². The van der Waals surface area contributed by atoms with E-state index in [4.69, 9.17) is 14.2 Å². The van der Waals surface area contributed by atoms with Crippen molar-refractivity contribution in [2.75, 3.05) is 49.2 Å². The molecule has 2 amide bonds. The number of carboxylic acids is 1. The Hall–Kier alpha value is -4.88. The number of nitrogens with one attached hydrogen (secondary N) is 1. The van der Waals surface area contributed by atoms with Crippen molar-refractivity contribution in [1.29, 1.82) is 0 Å². The highest BCUT2D eigenvalue weighted by molar-refractivity contribution is 5.97. The monoisotopic (exact) mass is 640 g/mol. The summed E-state index contributed by atoms with van der Waals surface area (Å²) in [6.45, 7) is 5.06. The number of carbonyl (C=O) groups excluding carboxylic acids is 2. The molecule has 2 aromatic carbocycles. The van der Waals surface area contributed by atoms with Crippen LogP contribution in [0.5, 0.6) is 11.5 Å². The molecule has 12 nitrogen and oxygen atoms in total. The molecule has 14 heteroatoms. The van der Waals surface area contributed by atoms with E-state index in [1.807, 2.05) is 11.8 Å². The Morgan fingerprint density at radius 3 is 2.59 bits per heavy atom. The number of aromatic carboxylic acids is 1. The summed E-state index contributed by atoms with van der Waals surface area (Å²) >= 11 is 0. The number of rotatable bonds is 9. The van der Waals surface area contributed by atoms with Crippen LogP contribution in [0.2, 0.25) is 0 Å².